The number of aromatic nitrogens is 1. The molecule has 14 heavy (non-hydrogen) atoms. The minimum Gasteiger partial charge on any atom is -0.317 e. The normalized spacial score (nSPS) is 19.1. The van der Waals surface area contributed by atoms with Crippen molar-refractivity contribution in [3.8, 4) is 0 Å². The fourth-order valence-electron chi connectivity index (χ4n) is 1.86. The zero-order chi connectivity index (χ0) is 9.97. The van der Waals surface area contributed by atoms with Crippen molar-refractivity contribution in [2.45, 2.75) is 38.5 Å². The topological polar surface area (TPSA) is 24.9 Å². The second-order valence-electron chi connectivity index (χ2n) is 4.28. The molecule has 1 aromatic heterocycles. The van der Waals surface area contributed by atoms with E-state index in [2.05, 4.69) is 30.3 Å². The van der Waals surface area contributed by atoms with Crippen LogP contribution >= 0.6 is 11.3 Å². The van der Waals surface area contributed by atoms with Crippen LogP contribution in [0.5, 0.6) is 0 Å². The molecule has 1 fully saturated rings. The zero-order valence-corrected chi connectivity index (χ0v) is 9.73. The maximum Gasteiger partial charge on any atom is 0.0953 e. The predicted molar refractivity (Wildman–Crippen MR) is 61.0 cm³/mol. The molecule has 0 aliphatic carbocycles. The first kappa shape index (κ1) is 10.1. The highest BCUT2D eigenvalue weighted by atomic mass is 32.1. The predicted octanol–water partition coefficient (Wildman–Crippen LogP) is 2.73. The fraction of sp³-hybridized carbons (Fsp3) is 0.727. The van der Waals surface area contributed by atoms with Gasteiger partial charge >= 0.3 is 0 Å². The smallest absolute Gasteiger partial charge is 0.0953 e. The van der Waals surface area contributed by atoms with E-state index in [1.54, 1.807) is 0 Å². The van der Waals surface area contributed by atoms with Gasteiger partial charge in [-0.2, -0.15) is 0 Å². The van der Waals surface area contributed by atoms with Crippen molar-refractivity contribution in [1.82, 2.24) is 10.3 Å². The van der Waals surface area contributed by atoms with Gasteiger partial charge < -0.3 is 5.32 Å². The molecule has 1 aliphatic heterocycles. The molecule has 0 amide bonds. The minimum absolute atomic E-state index is 0.579. The van der Waals surface area contributed by atoms with Crippen LogP contribution < -0.4 is 5.32 Å². The number of piperidine rings is 1. The monoisotopic (exact) mass is 210 g/mol. The summed E-state index contributed by atoms with van der Waals surface area (Å²) in [5, 5.41) is 4.69. The van der Waals surface area contributed by atoms with Crippen molar-refractivity contribution < 1.29 is 0 Å². The van der Waals surface area contributed by atoms with Crippen LogP contribution in [0.2, 0.25) is 0 Å². The molecule has 0 atom stereocenters. The van der Waals surface area contributed by atoms with Crippen LogP contribution in [0, 0.1) is 0 Å². The third kappa shape index (κ3) is 2.15. The average Bonchev–Trinajstić information content (AvgIpc) is 2.68. The molecule has 0 aromatic carbocycles. The fourth-order valence-corrected chi connectivity index (χ4v) is 2.95. The molecule has 2 rings (SSSR count). The lowest BCUT2D eigenvalue weighted by atomic mass is 9.97. The molecule has 3 heteroatoms. The van der Waals surface area contributed by atoms with Gasteiger partial charge in [-0.3, -0.25) is 0 Å². The van der Waals surface area contributed by atoms with Gasteiger partial charge in [0.2, 0.25) is 0 Å². The highest BCUT2D eigenvalue weighted by molar-refractivity contribution is 7.11. The summed E-state index contributed by atoms with van der Waals surface area (Å²) in [6.45, 7) is 6.76. The Labute approximate surface area is 89.8 Å². The van der Waals surface area contributed by atoms with Crippen molar-refractivity contribution in [2.24, 2.45) is 0 Å². The molecule has 0 saturated carbocycles. The van der Waals surface area contributed by atoms with Crippen molar-refractivity contribution in [2.75, 3.05) is 13.1 Å². The summed E-state index contributed by atoms with van der Waals surface area (Å²) < 4.78 is 0. The quantitative estimate of drug-likeness (QED) is 0.812. The summed E-state index contributed by atoms with van der Waals surface area (Å²) in [4.78, 5) is 5.98. The Kier molecular flexibility index (Phi) is 3.19. The lowest BCUT2D eigenvalue weighted by Crippen LogP contribution is -2.26. The van der Waals surface area contributed by atoms with E-state index < -0.39 is 0 Å². The van der Waals surface area contributed by atoms with E-state index in [-0.39, 0.29) is 0 Å². The lowest BCUT2D eigenvalue weighted by Gasteiger charge is -2.20. The van der Waals surface area contributed by atoms with Crippen LogP contribution in [0.3, 0.4) is 0 Å². The average molecular weight is 210 g/mol. The van der Waals surface area contributed by atoms with Gasteiger partial charge in [-0.15, -0.1) is 11.3 Å². The van der Waals surface area contributed by atoms with Gasteiger partial charge in [-0.1, -0.05) is 13.8 Å². The van der Waals surface area contributed by atoms with Crippen molar-refractivity contribution >= 4 is 11.3 Å². The summed E-state index contributed by atoms with van der Waals surface area (Å²) in [6, 6.07) is 0. The molecule has 1 saturated heterocycles. The van der Waals surface area contributed by atoms with Crippen LogP contribution in [0.25, 0.3) is 0 Å². The number of thiazole rings is 1. The van der Waals surface area contributed by atoms with Crippen LogP contribution in [0.4, 0.5) is 0 Å². The number of hydrogen-bond acceptors (Lipinski definition) is 3. The first-order valence-electron chi connectivity index (χ1n) is 5.43. The summed E-state index contributed by atoms with van der Waals surface area (Å²) in [6.07, 6.45) is 4.65. The first-order chi connectivity index (χ1) is 6.77. The molecule has 1 aromatic rings. The highest BCUT2D eigenvalue weighted by Gasteiger charge is 2.18. The van der Waals surface area contributed by atoms with Crippen molar-refractivity contribution in [3.63, 3.8) is 0 Å². The third-order valence-electron chi connectivity index (χ3n) is 2.78. The second-order valence-corrected chi connectivity index (χ2v) is 5.37. The molecule has 2 nitrogen and oxygen atoms in total. The summed E-state index contributed by atoms with van der Waals surface area (Å²) in [7, 11) is 0. The lowest BCUT2D eigenvalue weighted by molar-refractivity contribution is 0.465. The Morgan fingerprint density at radius 2 is 2.14 bits per heavy atom. The molecule has 1 aliphatic rings. The van der Waals surface area contributed by atoms with E-state index in [1.165, 1.54) is 35.8 Å². The number of nitrogens with zero attached hydrogens (tertiary/aromatic N) is 1. The molecule has 2 heterocycles. The molecule has 0 unspecified atom stereocenters. The molecular formula is C11H18N2S. The maximum absolute atomic E-state index is 4.49. The largest absolute Gasteiger partial charge is 0.317 e. The van der Waals surface area contributed by atoms with Gasteiger partial charge in [0.05, 0.1) is 5.01 Å². The van der Waals surface area contributed by atoms with Gasteiger partial charge in [0.15, 0.2) is 0 Å². The van der Waals surface area contributed by atoms with E-state index in [1.807, 2.05) is 11.3 Å². The molecular weight excluding hydrogens is 192 g/mol. The standard InChI is InChI=1S/C11H18N2S/c1-8(2)11-13-7-10(14-11)9-3-5-12-6-4-9/h7-9,12H,3-6H2,1-2H3. The van der Waals surface area contributed by atoms with E-state index in [0.29, 0.717) is 5.92 Å². The molecule has 0 spiro atoms. The van der Waals surface area contributed by atoms with E-state index in [0.717, 1.165) is 5.92 Å². The molecule has 0 bridgehead atoms. The second kappa shape index (κ2) is 4.41. The van der Waals surface area contributed by atoms with Crippen LogP contribution in [-0.4, -0.2) is 18.1 Å². The Hall–Kier alpha value is -0.410. The van der Waals surface area contributed by atoms with E-state index in [4.69, 9.17) is 0 Å². The Morgan fingerprint density at radius 1 is 1.43 bits per heavy atom. The molecule has 78 valence electrons. The van der Waals surface area contributed by atoms with Gasteiger partial charge in [-0.05, 0) is 31.8 Å². The van der Waals surface area contributed by atoms with Gasteiger partial charge in [0, 0.05) is 17.0 Å². The molecule has 0 radical (unpaired) electrons. The van der Waals surface area contributed by atoms with Crippen molar-refractivity contribution in [3.05, 3.63) is 16.1 Å². The Morgan fingerprint density at radius 3 is 2.71 bits per heavy atom. The van der Waals surface area contributed by atoms with Crippen molar-refractivity contribution in [1.29, 1.82) is 0 Å². The van der Waals surface area contributed by atoms with Crippen LogP contribution in [-0.2, 0) is 0 Å². The summed E-state index contributed by atoms with van der Waals surface area (Å²) >= 11 is 1.91. The van der Waals surface area contributed by atoms with E-state index >= 15 is 0 Å². The SMILES string of the molecule is CC(C)c1ncc(C2CCNCC2)s1. The number of rotatable bonds is 2. The first-order valence-corrected chi connectivity index (χ1v) is 6.25. The highest BCUT2D eigenvalue weighted by Crippen LogP contribution is 2.31. The third-order valence-corrected chi connectivity index (χ3v) is 4.24. The summed E-state index contributed by atoms with van der Waals surface area (Å²) in [5.41, 5.74) is 0. The minimum atomic E-state index is 0.579. The molecule has 1 N–H and O–H groups in total. The van der Waals surface area contributed by atoms with Crippen LogP contribution in [0.1, 0.15) is 48.4 Å². The summed E-state index contributed by atoms with van der Waals surface area (Å²) in [5.74, 6) is 1.34. The van der Waals surface area contributed by atoms with Gasteiger partial charge in [-0.25, -0.2) is 4.98 Å². The van der Waals surface area contributed by atoms with Crippen LogP contribution in [0.15, 0.2) is 6.20 Å². The Balaban J connectivity index is 2.07. The Bertz CT molecular complexity index is 287. The number of nitrogens with one attached hydrogen (secondary N) is 1. The zero-order valence-electron chi connectivity index (χ0n) is 8.92. The van der Waals surface area contributed by atoms with Gasteiger partial charge in [0.1, 0.15) is 0 Å². The maximum atomic E-state index is 4.49. The van der Waals surface area contributed by atoms with E-state index in [9.17, 15) is 0 Å². The number of hydrogen-bond donors (Lipinski definition) is 1. The van der Waals surface area contributed by atoms with Gasteiger partial charge in [0.25, 0.3) is 0 Å².